The summed E-state index contributed by atoms with van der Waals surface area (Å²) in [5.41, 5.74) is 2.09. The second-order valence-corrected chi connectivity index (χ2v) is 9.32. The number of benzene rings is 1. The number of rotatable bonds is 5. The van der Waals surface area contributed by atoms with Gasteiger partial charge in [0.25, 0.3) is 5.91 Å². The van der Waals surface area contributed by atoms with Crippen LogP contribution in [0.5, 0.6) is 0 Å². The quantitative estimate of drug-likeness (QED) is 0.601. The molecule has 0 radical (unpaired) electrons. The maximum Gasteiger partial charge on any atom is 0.272 e. The van der Waals surface area contributed by atoms with E-state index in [4.69, 9.17) is 0 Å². The van der Waals surface area contributed by atoms with Crippen LogP contribution < -0.4 is 0 Å². The molecule has 160 valence electrons. The Balaban J connectivity index is 1.59. The molecule has 2 aromatic heterocycles. The molecule has 5 nitrogen and oxygen atoms in total. The lowest BCUT2D eigenvalue weighted by molar-refractivity contribution is -0.142. The molecule has 3 heterocycles. The third-order valence-corrected chi connectivity index (χ3v) is 6.83. The predicted molar refractivity (Wildman–Crippen MR) is 124 cm³/mol. The molecule has 0 spiro atoms. The van der Waals surface area contributed by atoms with E-state index in [0.29, 0.717) is 25.2 Å². The molecule has 1 aliphatic heterocycles. The Morgan fingerprint density at radius 2 is 1.90 bits per heavy atom. The monoisotopic (exact) mass is 433 g/mol. The number of hydrogen-bond donors (Lipinski definition) is 0. The molecule has 0 N–H and O–H groups in total. The molecule has 1 aliphatic rings. The molecule has 1 saturated heterocycles. The summed E-state index contributed by atoms with van der Waals surface area (Å²) in [4.78, 5) is 35.3. The van der Waals surface area contributed by atoms with Crippen molar-refractivity contribution >= 4 is 23.2 Å². The largest absolute Gasteiger partial charge is 0.348 e. The van der Waals surface area contributed by atoms with Gasteiger partial charge in [-0.05, 0) is 54.0 Å². The van der Waals surface area contributed by atoms with Gasteiger partial charge in [0.15, 0.2) is 0 Å². The highest BCUT2D eigenvalue weighted by Crippen LogP contribution is 2.36. The third kappa shape index (κ3) is 4.54. The number of carbonyl (C=O) groups is 2. The summed E-state index contributed by atoms with van der Waals surface area (Å²) < 4.78 is 0. The molecule has 0 aliphatic carbocycles. The van der Waals surface area contributed by atoms with Gasteiger partial charge >= 0.3 is 0 Å². The summed E-state index contributed by atoms with van der Waals surface area (Å²) in [6.07, 6.45) is 3.80. The zero-order valence-electron chi connectivity index (χ0n) is 18.0. The highest BCUT2D eigenvalue weighted by atomic mass is 32.1. The lowest BCUT2D eigenvalue weighted by Crippen LogP contribution is -2.54. The van der Waals surface area contributed by atoms with E-state index >= 15 is 0 Å². The first-order valence-electron chi connectivity index (χ1n) is 10.5. The first kappa shape index (κ1) is 21.2. The fourth-order valence-corrected chi connectivity index (χ4v) is 5.18. The molecular formula is C25H27N3O2S. The van der Waals surface area contributed by atoms with Crippen molar-refractivity contribution in [3.8, 4) is 10.4 Å². The van der Waals surface area contributed by atoms with Crippen LogP contribution in [0.15, 0.2) is 66.2 Å². The predicted octanol–water partition coefficient (Wildman–Crippen LogP) is 4.36. The van der Waals surface area contributed by atoms with Gasteiger partial charge in [-0.15, -0.1) is 11.3 Å². The van der Waals surface area contributed by atoms with E-state index < -0.39 is 5.41 Å². The van der Waals surface area contributed by atoms with E-state index in [1.54, 1.807) is 53.6 Å². The summed E-state index contributed by atoms with van der Waals surface area (Å²) in [7, 11) is 3.59. The van der Waals surface area contributed by atoms with Crippen molar-refractivity contribution in [1.29, 1.82) is 0 Å². The fourth-order valence-electron chi connectivity index (χ4n) is 4.45. The third-order valence-electron chi connectivity index (χ3n) is 5.91. The smallest absolute Gasteiger partial charge is 0.272 e. The number of thiophene rings is 1. The van der Waals surface area contributed by atoms with Crippen molar-refractivity contribution in [2.24, 2.45) is 5.41 Å². The van der Waals surface area contributed by atoms with Crippen LogP contribution in [0.3, 0.4) is 0 Å². The van der Waals surface area contributed by atoms with Crippen LogP contribution in [-0.2, 0) is 11.2 Å². The van der Waals surface area contributed by atoms with Gasteiger partial charge in [0.2, 0.25) is 5.91 Å². The summed E-state index contributed by atoms with van der Waals surface area (Å²) in [6, 6.07) is 18.0. The molecular weight excluding hydrogens is 406 g/mol. The van der Waals surface area contributed by atoms with Gasteiger partial charge in [0, 0.05) is 38.3 Å². The Bertz CT molecular complexity index is 1030. The molecule has 6 heteroatoms. The van der Waals surface area contributed by atoms with E-state index in [1.165, 1.54) is 10.4 Å². The second kappa shape index (κ2) is 9.02. The van der Waals surface area contributed by atoms with Gasteiger partial charge in [0.05, 0.1) is 5.41 Å². The van der Waals surface area contributed by atoms with Crippen LogP contribution >= 0.6 is 11.3 Å². The summed E-state index contributed by atoms with van der Waals surface area (Å²) in [5, 5.41) is 2.07. The Morgan fingerprint density at radius 3 is 2.55 bits per heavy atom. The van der Waals surface area contributed by atoms with Gasteiger partial charge in [-0.3, -0.25) is 14.6 Å². The number of aromatic nitrogens is 1. The fraction of sp³-hybridized carbons (Fsp3) is 0.320. The number of likely N-dealkylation sites (tertiary alicyclic amines) is 1. The van der Waals surface area contributed by atoms with Gasteiger partial charge in [-0.25, -0.2) is 0 Å². The maximum atomic E-state index is 13.4. The van der Waals surface area contributed by atoms with Crippen molar-refractivity contribution in [1.82, 2.24) is 14.8 Å². The average Bonchev–Trinajstić information content (AvgIpc) is 3.34. The van der Waals surface area contributed by atoms with E-state index in [-0.39, 0.29) is 11.8 Å². The van der Waals surface area contributed by atoms with Crippen molar-refractivity contribution in [2.45, 2.75) is 19.3 Å². The summed E-state index contributed by atoms with van der Waals surface area (Å²) in [6.45, 7) is 1.06. The van der Waals surface area contributed by atoms with Crippen LogP contribution in [0, 0.1) is 5.41 Å². The molecule has 1 fully saturated rings. The van der Waals surface area contributed by atoms with E-state index in [9.17, 15) is 9.59 Å². The van der Waals surface area contributed by atoms with Crippen LogP contribution in [0.1, 0.15) is 28.9 Å². The number of nitrogens with zero attached hydrogens (tertiary/aromatic N) is 3. The van der Waals surface area contributed by atoms with Gasteiger partial charge in [-0.1, -0.05) is 36.4 Å². The molecule has 2 amide bonds. The SMILES string of the molecule is CN(C)C(=O)[C@]1(Cc2ccc(-c3cccs3)cc2)CCCN(C(=O)c2ccccn2)C1. The van der Waals surface area contributed by atoms with Crippen LogP contribution in [0.25, 0.3) is 10.4 Å². The molecule has 0 bridgehead atoms. The standard InChI is InChI=1S/C25H27N3O2S/c1-27(2)24(30)25(17-19-9-11-20(12-10-19)22-8-5-16-31-22)13-6-15-28(18-25)23(29)21-7-3-4-14-26-21/h3-5,7-12,14,16H,6,13,15,17-18H2,1-2H3/t25-/m0/s1. The normalized spacial score (nSPS) is 18.6. The first-order valence-corrected chi connectivity index (χ1v) is 11.4. The van der Waals surface area contributed by atoms with Crippen molar-refractivity contribution in [3.63, 3.8) is 0 Å². The minimum absolute atomic E-state index is 0.0772. The maximum absolute atomic E-state index is 13.4. The topological polar surface area (TPSA) is 53.5 Å². The van der Waals surface area contributed by atoms with Crippen molar-refractivity contribution < 1.29 is 9.59 Å². The first-order chi connectivity index (χ1) is 15.0. The van der Waals surface area contributed by atoms with Crippen molar-refractivity contribution in [3.05, 3.63) is 77.4 Å². The zero-order chi connectivity index (χ0) is 21.8. The van der Waals surface area contributed by atoms with Gasteiger partial charge < -0.3 is 9.80 Å². The molecule has 0 unspecified atom stereocenters. The van der Waals surface area contributed by atoms with E-state index in [0.717, 1.165) is 18.4 Å². The van der Waals surface area contributed by atoms with Crippen LogP contribution in [0.2, 0.25) is 0 Å². The minimum atomic E-state index is -0.628. The van der Waals surface area contributed by atoms with Crippen molar-refractivity contribution in [2.75, 3.05) is 27.2 Å². The Hall–Kier alpha value is -2.99. The molecule has 4 rings (SSSR count). The molecule has 3 aromatic rings. The zero-order valence-corrected chi connectivity index (χ0v) is 18.8. The number of carbonyl (C=O) groups excluding carboxylic acids is 2. The second-order valence-electron chi connectivity index (χ2n) is 8.38. The number of piperidine rings is 1. The minimum Gasteiger partial charge on any atom is -0.348 e. The lowest BCUT2D eigenvalue weighted by atomic mass is 9.73. The number of pyridine rings is 1. The average molecular weight is 434 g/mol. The summed E-state index contributed by atoms with van der Waals surface area (Å²) >= 11 is 1.72. The Labute approximate surface area is 187 Å². The molecule has 1 aromatic carbocycles. The van der Waals surface area contributed by atoms with Crippen LogP contribution in [0.4, 0.5) is 0 Å². The van der Waals surface area contributed by atoms with Gasteiger partial charge in [-0.2, -0.15) is 0 Å². The number of amides is 2. The molecule has 31 heavy (non-hydrogen) atoms. The van der Waals surface area contributed by atoms with Crippen LogP contribution in [-0.4, -0.2) is 53.8 Å². The van der Waals surface area contributed by atoms with E-state index in [2.05, 4.69) is 40.7 Å². The van der Waals surface area contributed by atoms with Gasteiger partial charge in [0.1, 0.15) is 5.69 Å². The summed E-state index contributed by atoms with van der Waals surface area (Å²) in [5.74, 6) is -0.0300. The highest BCUT2D eigenvalue weighted by Gasteiger charge is 2.44. The lowest BCUT2D eigenvalue weighted by Gasteiger charge is -2.43. The molecule has 1 atom stereocenters. The number of hydrogen-bond acceptors (Lipinski definition) is 4. The van der Waals surface area contributed by atoms with E-state index in [1.807, 2.05) is 12.1 Å². The Kier molecular flexibility index (Phi) is 6.18. The highest BCUT2D eigenvalue weighted by molar-refractivity contribution is 7.13. The Morgan fingerprint density at radius 1 is 1.10 bits per heavy atom. The molecule has 0 saturated carbocycles.